The summed E-state index contributed by atoms with van der Waals surface area (Å²) in [6.45, 7) is 0.386. The van der Waals surface area contributed by atoms with E-state index < -0.39 is 5.82 Å². The normalized spacial score (nSPS) is 10.5. The Balaban J connectivity index is 1.82. The molecule has 3 aromatic rings. The van der Waals surface area contributed by atoms with E-state index in [-0.39, 0.29) is 5.75 Å². The molecule has 1 heterocycles. The van der Waals surface area contributed by atoms with Gasteiger partial charge in [0.25, 0.3) is 0 Å². The van der Waals surface area contributed by atoms with Crippen LogP contribution in [0, 0.1) is 5.82 Å². The van der Waals surface area contributed by atoms with E-state index in [1.54, 1.807) is 17.1 Å². The van der Waals surface area contributed by atoms with Gasteiger partial charge in [-0.25, -0.2) is 9.07 Å². The molecule has 0 aliphatic heterocycles. The van der Waals surface area contributed by atoms with Crippen LogP contribution in [-0.4, -0.2) is 20.1 Å². The molecule has 106 valence electrons. The highest BCUT2D eigenvalue weighted by atomic mass is 19.1. The average Bonchev–Trinajstić information content (AvgIpc) is 2.98. The van der Waals surface area contributed by atoms with Crippen molar-refractivity contribution in [2.45, 2.75) is 6.54 Å². The van der Waals surface area contributed by atoms with Gasteiger partial charge in [0.1, 0.15) is 11.6 Å². The van der Waals surface area contributed by atoms with E-state index in [1.807, 2.05) is 24.3 Å². The van der Waals surface area contributed by atoms with Crippen molar-refractivity contribution in [3.05, 3.63) is 66.2 Å². The minimum absolute atomic E-state index is 0.0867. The average molecular weight is 284 g/mol. The standard InChI is InChI=1S/C15H13FN4O/c16-12-7-11(8-13(21)9-12)10-17-14-3-1-2-4-15(14)20-6-5-18-19-20/h1-9,17,21H,10H2. The van der Waals surface area contributed by atoms with E-state index in [9.17, 15) is 9.50 Å². The van der Waals surface area contributed by atoms with Gasteiger partial charge in [-0.3, -0.25) is 0 Å². The third-order valence-corrected chi connectivity index (χ3v) is 3.00. The summed E-state index contributed by atoms with van der Waals surface area (Å²) in [6, 6.07) is 11.6. The van der Waals surface area contributed by atoms with Crippen molar-refractivity contribution in [3.8, 4) is 11.4 Å². The molecule has 0 atom stereocenters. The SMILES string of the molecule is Oc1cc(F)cc(CNc2ccccc2-n2ccnn2)c1. The smallest absolute Gasteiger partial charge is 0.127 e. The number of hydrogen-bond acceptors (Lipinski definition) is 4. The molecule has 0 radical (unpaired) electrons. The van der Waals surface area contributed by atoms with E-state index in [2.05, 4.69) is 15.6 Å². The summed E-state index contributed by atoms with van der Waals surface area (Å²) in [7, 11) is 0. The second-order valence-electron chi connectivity index (χ2n) is 4.54. The van der Waals surface area contributed by atoms with Gasteiger partial charge < -0.3 is 10.4 Å². The van der Waals surface area contributed by atoms with E-state index in [1.165, 1.54) is 12.1 Å². The molecule has 2 aromatic carbocycles. The Bertz CT molecular complexity index is 723. The first kappa shape index (κ1) is 13.1. The van der Waals surface area contributed by atoms with Crippen LogP contribution < -0.4 is 5.32 Å². The quantitative estimate of drug-likeness (QED) is 0.773. The molecule has 0 saturated carbocycles. The van der Waals surface area contributed by atoms with Crippen molar-refractivity contribution >= 4 is 5.69 Å². The summed E-state index contributed by atoms with van der Waals surface area (Å²) in [6.07, 6.45) is 3.34. The zero-order chi connectivity index (χ0) is 14.7. The molecule has 0 amide bonds. The van der Waals surface area contributed by atoms with Crippen LogP contribution in [0.2, 0.25) is 0 Å². The van der Waals surface area contributed by atoms with Gasteiger partial charge in [0.05, 0.1) is 23.8 Å². The van der Waals surface area contributed by atoms with Crippen molar-refractivity contribution in [2.24, 2.45) is 0 Å². The Morgan fingerprint density at radius 3 is 2.81 bits per heavy atom. The summed E-state index contributed by atoms with van der Waals surface area (Å²) in [5.74, 6) is -0.548. The number of phenols is 1. The first-order valence-electron chi connectivity index (χ1n) is 6.40. The molecule has 5 nitrogen and oxygen atoms in total. The van der Waals surface area contributed by atoms with Crippen LogP contribution in [0.5, 0.6) is 5.75 Å². The largest absolute Gasteiger partial charge is 0.508 e. The molecule has 0 saturated heterocycles. The molecule has 0 aliphatic carbocycles. The third-order valence-electron chi connectivity index (χ3n) is 3.00. The molecule has 0 fully saturated rings. The molecule has 6 heteroatoms. The Hall–Kier alpha value is -2.89. The lowest BCUT2D eigenvalue weighted by Crippen LogP contribution is -2.05. The fraction of sp³-hybridized carbons (Fsp3) is 0.0667. The number of hydrogen-bond donors (Lipinski definition) is 2. The Labute approximate surface area is 120 Å². The van der Waals surface area contributed by atoms with Crippen LogP contribution in [0.15, 0.2) is 54.9 Å². The van der Waals surface area contributed by atoms with Crippen LogP contribution in [0.1, 0.15) is 5.56 Å². The van der Waals surface area contributed by atoms with Gasteiger partial charge in [0, 0.05) is 12.6 Å². The van der Waals surface area contributed by atoms with Gasteiger partial charge in [0.15, 0.2) is 0 Å². The fourth-order valence-electron chi connectivity index (χ4n) is 2.09. The predicted octanol–water partition coefficient (Wildman–Crippen LogP) is 2.72. The molecule has 0 unspecified atom stereocenters. The van der Waals surface area contributed by atoms with Crippen molar-refractivity contribution in [3.63, 3.8) is 0 Å². The lowest BCUT2D eigenvalue weighted by Gasteiger charge is -2.11. The fourth-order valence-corrected chi connectivity index (χ4v) is 2.09. The maximum atomic E-state index is 13.2. The molecule has 2 N–H and O–H groups in total. The maximum absolute atomic E-state index is 13.2. The topological polar surface area (TPSA) is 63.0 Å². The van der Waals surface area contributed by atoms with Gasteiger partial charge >= 0.3 is 0 Å². The number of phenolic OH excluding ortho intramolecular Hbond substituents is 1. The second kappa shape index (κ2) is 5.62. The summed E-state index contributed by atoms with van der Waals surface area (Å²) in [5, 5.41) is 20.4. The number of aromatic nitrogens is 3. The molecular formula is C15H13FN4O. The minimum Gasteiger partial charge on any atom is -0.508 e. The highest BCUT2D eigenvalue weighted by molar-refractivity contribution is 5.60. The molecule has 1 aromatic heterocycles. The first-order chi connectivity index (χ1) is 10.2. The van der Waals surface area contributed by atoms with Crippen LogP contribution in [0.4, 0.5) is 10.1 Å². The highest BCUT2D eigenvalue weighted by Gasteiger charge is 2.05. The third kappa shape index (κ3) is 3.00. The summed E-state index contributed by atoms with van der Waals surface area (Å²) in [4.78, 5) is 0. The lowest BCUT2D eigenvalue weighted by atomic mass is 10.2. The second-order valence-corrected chi connectivity index (χ2v) is 4.54. The number of anilines is 1. The summed E-state index contributed by atoms with van der Waals surface area (Å²) >= 11 is 0. The lowest BCUT2D eigenvalue weighted by molar-refractivity contribution is 0.468. The van der Waals surface area contributed by atoms with Gasteiger partial charge in [-0.05, 0) is 29.8 Å². The number of benzene rings is 2. The van der Waals surface area contributed by atoms with Gasteiger partial charge in [-0.15, -0.1) is 5.10 Å². The Kier molecular flexibility index (Phi) is 3.51. The van der Waals surface area contributed by atoms with Crippen molar-refractivity contribution < 1.29 is 9.50 Å². The number of halogens is 1. The number of aromatic hydroxyl groups is 1. The van der Waals surface area contributed by atoms with E-state index in [4.69, 9.17) is 0 Å². The maximum Gasteiger partial charge on any atom is 0.127 e. The Morgan fingerprint density at radius 2 is 2.05 bits per heavy atom. The van der Waals surface area contributed by atoms with Crippen molar-refractivity contribution in [1.29, 1.82) is 0 Å². The van der Waals surface area contributed by atoms with E-state index >= 15 is 0 Å². The Morgan fingerprint density at radius 1 is 1.19 bits per heavy atom. The van der Waals surface area contributed by atoms with E-state index in [0.717, 1.165) is 17.4 Å². The summed E-state index contributed by atoms with van der Waals surface area (Å²) < 4.78 is 14.9. The number of rotatable bonds is 4. The highest BCUT2D eigenvalue weighted by Crippen LogP contribution is 2.21. The van der Waals surface area contributed by atoms with Gasteiger partial charge in [-0.1, -0.05) is 17.3 Å². The first-order valence-corrected chi connectivity index (χ1v) is 6.40. The van der Waals surface area contributed by atoms with Crippen LogP contribution in [0.25, 0.3) is 5.69 Å². The monoisotopic (exact) mass is 284 g/mol. The van der Waals surface area contributed by atoms with Crippen LogP contribution in [0.3, 0.4) is 0 Å². The minimum atomic E-state index is -0.462. The van der Waals surface area contributed by atoms with E-state index in [0.29, 0.717) is 12.1 Å². The number of para-hydroxylation sites is 2. The summed E-state index contributed by atoms with van der Waals surface area (Å²) in [5.41, 5.74) is 2.34. The van der Waals surface area contributed by atoms with Crippen LogP contribution in [-0.2, 0) is 6.54 Å². The number of nitrogens with one attached hydrogen (secondary N) is 1. The molecule has 3 rings (SSSR count). The van der Waals surface area contributed by atoms with Gasteiger partial charge in [0.2, 0.25) is 0 Å². The molecule has 0 spiro atoms. The zero-order valence-electron chi connectivity index (χ0n) is 11.1. The van der Waals surface area contributed by atoms with Crippen molar-refractivity contribution in [1.82, 2.24) is 15.0 Å². The van der Waals surface area contributed by atoms with Gasteiger partial charge in [-0.2, -0.15) is 0 Å². The molecule has 21 heavy (non-hydrogen) atoms. The van der Waals surface area contributed by atoms with Crippen LogP contribution >= 0.6 is 0 Å². The molecular weight excluding hydrogens is 271 g/mol. The molecule has 0 bridgehead atoms. The predicted molar refractivity (Wildman–Crippen MR) is 76.8 cm³/mol. The number of nitrogens with zero attached hydrogens (tertiary/aromatic N) is 3. The zero-order valence-corrected chi connectivity index (χ0v) is 11.1. The molecule has 0 aliphatic rings. The van der Waals surface area contributed by atoms with Crippen molar-refractivity contribution in [2.75, 3.05) is 5.32 Å².